The van der Waals surface area contributed by atoms with Gasteiger partial charge in [-0.2, -0.15) is 0 Å². The third-order valence-electron chi connectivity index (χ3n) is 1.38. The molecule has 70 valence electrons. The van der Waals surface area contributed by atoms with E-state index < -0.39 is 0 Å². The van der Waals surface area contributed by atoms with Gasteiger partial charge in [-0.3, -0.25) is 4.79 Å². The molecule has 0 unspecified atom stereocenters. The highest BCUT2D eigenvalue weighted by atomic mass is 35.5. The molecule has 0 spiro atoms. The number of halogens is 2. The maximum atomic E-state index is 12.5. The van der Waals surface area contributed by atoms with Gasteiger partial charge in [0.15, 0.2) is 0 Å². The van der Waals surface area contributed by atoms with Crippen LogP contribution < -0.4 is 0 Å². The normalized spacial score (nSPS) is 10.0. The summed E-state index contributed by atoms with van der Waals surface area (Å²) in [7, 11) is 0. The van der Waals surface area contributed by atoms with Crippen LogP contribution in [0.4, 0.5) is 4.39 Å². The van der Waals surface area contributed by atoms with Crippen molar-refractivity contribution in [1.29, 1.82) is 0 Å². The number of rotatable bonds is 4. The van der Waals surface area contributed by atoms with Gasteiger partial charge < -0.3 is 0 Å². The van der Waals surface area contributed by atoms with Crippen molar-refractivity contribution < 1.29 is 9.18 Å². The Morgan fingerprint density at radius 3 is 2.54 bits per heavy atom. The van der Waals surface area contributed by atoms with Gasteiger partial charge in [-0.1, -0.05) is 0 Å². The molecule has 0 heterocycles. The molecule has 1 rings (SSSR count). The number of hydrogen-bond acceptors (Lipinski definition) is 2. The van der Waals surface area contributed by atoms with Crippen molar-refractivity contribution in [2.45, 2.75) is 11.3 Å². The fourth-order valence-corrected chi connectivity index (χ4v) is 1.84. The average molecular weight is 219 g/mol. The highest BCUT2D eigenvalue weighted by Crippen LogP contribution is 2.18. The summed E-state index contributed by atoms with van der Waals surface area (Å²) < 4.78 is 12.5. The Labute approximate surface area is 85.3 Å². The molecule has 1 aromatic carbocycles. The molecule has 0 saturated carbocycles. The molecule has 0 aromatic heterocycles. The van der Waals surface area contributed by atoms with Crippen LogP contribution in [0.2, 0.25) is 0 Å². The third-order valence-corrected chi connectivity index (χ3v) is 2.58. The molecule has 0 aliphatic rings. The van der Waals surface area contributed by atoms with Gasteiger partial charge >= 0.3 is 0 Å². The Hall–Kier alpha value is -0.540. The Kier molecular flexibility index (Phi) is 4.25. The van der Waals surface area contributed by atoms with E-state index >= 15 is 0 Å². The maximum absolute atomic E-state index is 12.5. The summed E-state index contributed by atoms with van der Waals surface area (Å²) >= 11 is 6.64. The quantitative estimate of drug-likeness (QED) is 0.571. The van der Waals surface area contributed by atoms with Crippen molar-refractivity contribution in [2.24, 2.45) is 0 Å². The van der Waals surface area contributed by atoms with E-state index in [0.29, 0.717) is 12.2 Å². The first-order chi connectivity index (χ1) is 6.18. The second-order valence-corrected chi connectivity index (χ2v) is 4.00. The van der Waals surface area contributed by atoms with Crippen molar-refractivity contribution in [3.8, 4) is 0 Å². The molecule has 0 N–H and O–H groups in total. The molecular formula is C9H8ClFOS. The van der Waals surface area contributed by atoms with E-state index in [4.69, 9.17) is 11.6 Å². The van der Waals surface area contributed by atoms with Crippen molar-refractivity contribution in [3.05, 3.63) is 30.1 Å². The van der Waals surface area contributed by atoms with Gasteiger partial charge in [0, 0.05) is 17.1 Å². The monoisotopic (exact) mass is 218 g/mol. The van der Waals surface area contributed by atoms with Crippen molar-refractivity contribution in [2.75, 3.05) is 5.75 Å². The first kappa shape index (κ1) is 10.5. The Balaban J connectivity index is 2.37. The smallest absolute Gasteiger partial charge is 0.222 e. The number of carbonyl (C=O) groups excluding carboxylic acids is 1. The fraction of sp³-hybridized carbons (Fsp3) is 0.222. The van der Waals surface area contributed by atoms with Gasteiger partial charge in [0.1, 0.15) is 5.82 Å². The van der Waals surface area contributed by atoms with Gasteiger partial charge in [0.25, 0.3) is 0 Å². The molecule has 0 amide bonds. The van der Waals surface area contributed by atoms with Crippen LogP contribution in [-0.4, -0.2) is 11.0 Å². The fourth-order valence-electron chi connectivity index (χ4n) is 0.780. The summed E-state index contributed by atoms with van der Waals surface area (Å²) in [6.45, 7) is 0. The molecule has 4 heteroatoms. The molecule has 0 atom stereocenters. The van der Waals surface area contributed by atoms with Gasteiger partial charge in [0.2, 0.25) is 5.24 Å². The van der Waals surface area contributed by atoms with Crippen molar-refractivity contribution in [1.82, 2.24) is 0 Å². The summed E-state index contributed by atoms with van der Waals surface area (Å²) in [4.78, 5) is 11.3. The minimum atomic E-state index is -0.338. The number of thioether (sulfide) groups is 1. The lowest BCUT2D eigenvalue weighted by Crippen LogP contribution is -1.88. The molecule has 0 saturated heterocycles. The molecule has 1 aromatic rings. The van der Waals surface area contributed by atoms with Crippen LogP contribution in [0.5, 0.6) is 0 Å². The van der Waals surface area contributed by atoms with Crippen LogP contribution in [0.1, 0.15) is 6.42 Å². The standard InChI is InChI=1S/C9H8ClFOS/c10-9(12)5-6-13-8-3-1-7(11)2-4-8/h1-4H,5-6H2. The molecule has 0 aliphatic carbocycles. The van der Waals surface area contributed by atoms with Gasteiger partial charge in [-0.05, 0) is 35.9 Å². The van der Waals surface area contributed by atoms with Gasteiger partial charge in [-0.25, -0.2) is 4.39 Å². The molecule has 0 aliphatic heterocycles. The van der Waals surface area contributed by atoms with E-state index in [1.165, 1.54) is 23.9 Å². The summed E-state index contributed by atoms with van der Waals surface area (Å²) in [5.41, 5.74) is 0. The van der Waals surface area contributed by atoms with Crippen molar-refractivity contribution >= 4 is 28.6 Å². The molecular weight excluding hydrogens is 211 g/mol. The zero-order chi connectivity index (χ0) is 9.68. The van der Waals surface area contributed by atoms with Crippen LogP contribution in [0.3, 0.4) is 0 Å². The van der Waals surface area contributed by atoms with Crippen molar-refractivity contribution in [3.63, 3.8) is 0 Å². The highest BCUT2D eigenvalue weighted by Gasteiger charge is 1.98. The second kappa shape index (κ2) is 5.25. The predicted molar refractivity (Wildman–Crippen MR) is 52.6 cm³/mol. The summed E-state index contributed by atoms with van der Waals surface area (Å²) in [6.07, 6.45) is 0.337. The van der Waals surface area contributed by atoms with E-state index in [0.717, 1.165) is 4.90 Å². The highest BCUT2D eigenvalue weighted by molar-refractivity contribution is 7.99. The second-order valence-electron chi connectivity index (χ2n) is 2.41. The number of carbonyl (C=O) groups is 1. The summed E-state index contributed by atoms with van der Waals surface area (Å²) in [6, 6.07) is 6.15. The first-order valence-corrected chi connectivity index (χ1v) is 5.11. The van der Waals surface area contributed by atoms with Crippen LogP contribution in [-0.2, 0) is 4.79 Å². The Morgan fingerprint density at radius 2 is 2.00 bits per heavy atom. The summed E-state index contributed by atoms with van der Waals surface area (Å²) in [5, 5.41) is -0.338. The van der Waals surface area contributed by atoms with Gasteiger partial charge in [-0.15, -0.1) is 11.8 Å². The number of benzene rings is 1. The topological polar surface area (TPSA) is 17.1 Å². The van der Waals surface area contributed by atoms with Gasteiger partial charge in [0.05, 0.1) is 0 Å². The first-order valence-electron chi connectivity index (χ1n) is 3.75. The molecule has 0 bridgehead atoms. The van der Waals surface area contributed by atoms with Crippen LogP contribution >= 0.6 is 23.4 Å². The zero-order valence-electron chi connectivity index (χ0n) is 6.80. The van der Waals surface area contributed by atoms with E-state index in [-0.39, 0.29) is 11.1 Å². The summed E-state index contributed by atoms with van der Waals surface area (Å²) in [5.74, 6) is 0.381. The molecule has 13 heavy (non-hydrogen) atoms. The lowest BCUT2D eigenvalue weighted by molar-refractivity contribution is -0.111. The maximum Gasteiger partial charge on any atom is 0.222 e. The lowest BCUT2D eigenvalue weighted by atomic mass is 10.4. The van der Waals surface area contributed by atoms with E-state index in [9.17, 15) is 9.18 Å². The average Bonchev–Trinajstić information content (AvgIpc) is 2.08. The lowest BCUT2D eigenvalue weighted by Gasteiger charge is -1.98. The minimum Gasteiger partial charge on any atom is -0.281 e. The molecule has 0 fully saturated rings. The zero-order valence-corrected chi connectivity index (χ0v) is 8.37. The molecule has 1 nitrogen and oxygen atoms in total. The predicted octanol–water partition coefficient (Wildman–Crippen LogP) is 3.07. The molecule has 0 radical (unpaired) electrons. The SMILES string of the molecule is O=C(Cl)CCSc1ccc(F)cc1. The largest absolute Gasteiger partial charge is 0.281 e. The Bertz CT molecular complexity index is 286. The van der Waals surface area contributed by atoms with Crippen LogP contribution in [0, 0.1) is 5.82 Å². The Morgan fingerprint density at radius 1 is 1.38 bits per heavy atom. The third kappa shape index (κ3) is 4.29. The number of hydrogen-bond donors (Lipinski definition) is 0. The van der Waals surface area contributed by atoms with E-state index in [2.05, 4.69) is 0 Å². The van der Waals surface area contributed by atoms with Crippen LogP contribution in [0.15, 0.2) is 29.2 Å². The van der Waals surface area contributed by atoms with E-state index in [1.807, 2.05) is 0 Å². The van der Waals surface area contributed by atoms with Crippen LogP contribution in [0.25, 0.3) is 0 Å². The minimum absolute atomic E-state index is 0.252. The van der Waals surface area contributed by atoms with E-state index in [1.54, 1.807) is 12.1 Å².